The van der Waals surface area contributed by atoms with Crippen LogP contribution in [-0.2, 0) is 0 Å². The average molecular weight is 124 g/mol. The molecule has 1 rings (SSSR count). The van der Waals surface area contributed by atoms with E-state index in [-0.39, 0.29) is 5.92 Å². The summed E-state index contributed by atoms with van der Waals surface area (Å²) in [6.07, 6.45) is 2.61. The van der Waals surface area contributed by atoms with Gasteiger partial charge in [-0.1, -0.05) is 0 Å². The van der Waals surface area contributed by atoms with E-state index in [1.165, 1.54) is 12.8 Å². The summed E-state index contributed by atoms with van der Waals surface area (Å²) in [6.45, 7) is 2.80. The average Bonchev–Trinajstić information content (AvgIpc) is 2.65. The highest BCUT2D eigenvalue weighted by Gasteiger charge is 2.20. The monoisotopic (exact) mass is 124 g/mol. The van der Waals surface area contributed by atoms with E-state index < -0.39 is 0 Å². The van der Waals surface area contributed by atoms with Crippen molar-refractivity contribution in [3.8, 4) is 6.07 Å². The zero-order valence-electron chi connectivity index (χ0n) is 5.72. The molecule has 0 aromatic carbocycles. The predicted octanol–water partition coefficient (Wildman–Crippen LogP) is 0.898. The summed E-state index contributed by atoms with van der Waals surface area (Å²) in [5, 5.41) is 11.7. The summed E-state index contributed by atoms with van der Waals surface area (Å²) in [5.41, 5.74) is 0. The Balaban J connectivity index is 1.97. The molecule has 0 aromatic heterocycles. The quantitative estimate of drug-likeness (QED) is 0.606. The van der Waals surface area contributed by atoms with Gasteiger partial charge in [-0.3, -0.25) is 0 Å². The molecule has 0 heterocycles. The first-order chi connectivity index (χ1) is 4.33. The fraction of sp³-hybridized carbons (Fsp3) is 0.857. The molecule has 0 spiro atoms. The van der Waals surface area contributed by atoms with Gasteiger partial charge in [0.05, 0.1) is 12.0 Å². The van der Waals surface area contributed by atoms with E-state index in [9.17, 15) is 0 Å². The molecule has 1 unspecified atom stereocenters. The molecule has 0 amide bonds. The Labute approximate surface area is 55.9 Å². The predicted molar refractivity (Wildman–Crippen MR) is 35.8 cm³/mol. The topological polar surface area (TPSA) is 35.8 Å². The molecular weight excluding hydrogens is 112 g/mol. The third-order valence-electron chi connectivity index (χ3n) is 1.51. The maximum Gasteiger partial charge on any atom is 0.0666 e. The van der Waals surface area contributed by atoms with Crippen LogP contribution >= 0.6 is 0 Å². The third kappa shape index (κ3) is 2.48. The smallest absolute Gasteiger partial charge is 0.0666 e. The molecule has 1 fully saturated rings. The molecule has 1 saturated carbocycles. The standard InChI is InChI=1S/C7H12N2/c1-6(4-8)5-9-7-2-3-7/h6-7,9H,2-3,5H2,1H3. The van der Waals surface area contributed by atoms with Crippen LogP contribution in [0.2, 0.25) is 0 Å². The highest BCUT2D eigenvalue weighted by Crippen LogP contribution is 2.18. The van der Waals surface area contributed by atoms with Gasteiger partial charge >= 0.3 is 0 Å². The van der Waals surface area contributed by atoms with Gasteiger partial charge in [0.2, 0.25) is 0 Å². The number of nitrogens with zero attached hydrogens (tertiary/aromatic N) is 1. The highest BCUT2D eigenvalue weighted by molar-refractivity contribution is 4.86. The fourth-order valence-electron chi connectivity index (χ4n) is 0.677. The number of nitriles is 1. The maximum absolute atomic E-state index is 8.38. The summed E-state index contributed by atoms with van der Waals surface area (Å²) in [4.78, 5) is 0. The first-order valence-electron chi connectivity index (χ1n) is 3.46. The fourth-order valence-corrected chi connectivity index (χ4v) is 0.677. The van der Waals surface area contributed by atoms with Crippen LogP contribution in [0, 0.1) is 17.2 Å². The van der Waals surface area contributed by atoms with Crippen LogP contribution in [0.25, 0.3) is 0 Å². The van der Waals surface area contributed by atoms with E-state index in [4.69, 9.17) is 5.26 Å². The van der Waals surface area contributed by atoms with Crippen LogP contribution in [-0.4, -0.2) is 12.6 Å². The molecule has 1 atom stereocenters. The van der Waals surface area contributed by atoms with Crippen molar-refractivity contribution >= 4 is 0 Å². The first kappa shape index (κ1) is 6.57. The van der Waals surface area contributed by atoms with Gasteiger partial charge in [-0.2, -0.15) is 5.26 Å². The first-order valence-corrected chi connectivity index (χ1v) is 3.46. The number of hydrogen-bond donors (Lipinski definition) is 1. The molecule has 2 nitrogen and oxygen atoms in total. The molecule has 1 aliphatic carbocycles. The van der Waals surface area contributed by atoms with E-state index in [1.54, 1.807) is 0 Å². The van der Waals surface area contributed by atoms with E-state index in [0.717, 1.165) is 12.6 Å². The number of hydrogen-bond acceptors (Lipinski definition) is 2. The lowest BCUT2D eigenvalue weighted by molar-refractivity contribution is 0.598. The highest BCUT2D eigenvalue weighted by atomic mass is 14.9. The second kappa shape index (κ2) is 2.84. The second-order valence-corrected chi connectivity index (χ2v) is 2.71. The summed E-state index contributed by atoms with van der Waals surface area (Å²) >= 11 is 0. The van der Waals surface area contributed by atoms with Crippen LogP contribution in [0.3, 0.4) is 0 Å². The molecule has 2 heteroatoms. The van der Waals surface area contributed by atoms with E-state index in [1.807, 2.05) is 6.92 Å². The van der Waals surface area contributed by atoms with Crippen LogP contribution in [0.4, 0.5) is 0 Å². The number of nitrogens with one attached hydrogen (secondary N) is 1. The van der Waals surface area contributed by atoms with E-state index in [0.29, 0.717) is 0 Å². The minimum absolute atomic E-state index is 0.172. The molecule has 0 saturated heterocycles. The van der Waals surface area contributed by atoms with Gasteiger partial charge < -0.3 is 5.32 Å². The third-order valence-corrected chi connectivity index (χ3v) is 1.51. The van der Waals surface area contributed by atoms with Crippen molar-refractivity contribution in [1.82, 2.24) is 5.32 Å². The zero-order valence-corrected chi connectivity index (χ0v) is 5.72. The Morgan fingerprint density at radius 1 is 1.78 bits per heavy atom. The van der Waals surface area contributed by atoms with Gasteiger partial charge in [-0.25, -0.2) is 0 Å². The van der Waals surface area contributed by atoms with Crippen molar-refractivity contribution in [3.63, 3.8) is 0 Å². The van der Waals surface area contributed by atoms with E-state index in [2.05, 4.69) is 11.4 Å². The summed E-state index contributed by atoms with van der Waals surface area (Å²) in [7, 11) is 0. The SMILES string of the molecule is CC(C#N)CNC1CC1. The van der Waals surface area contributed by atoms with Crippen molar-refractivity contribution in [3.05, 3.63) is 0 Å². The molecular formula is C7H12N2. The molecule has 0 bridgehead atoms. The van der Waals surface area contributed by atoms with Crippen molar-refractivity contribution in [1.29, 1.82) is 5.26 Å². The van der Waals surface area contributed by atoms with Gasteiger partial charge in [-0.15, -0.1) is 0 Å². The van der Waals surface area contributed by atoms with Gasteiger partial charge in [0.15, 0.2) is 0 Å². The Hall–Kier alpha value is -0.550. The second-order valence-electron chi connectivity index (χ2n) is 2.71. The van der Waals surface area contributed by atoms with Crippen LogP contribution in [0.1, 0.15) is 19.8 Å². The summed E-state index contributed by atoms with van der Waals surface area (Å²) in [6, 6.07) is 2.92. The van der Waals surface area contributed by atoms with Crippen molar-refractivity contribution < 1.29 is 0 Å². The maximum atomic E-state index is 8.38. The van der Waals surface area contributed by atoms with Gasteiger partial charge in [0.25, 0.3) is 0 Å². The van der Waals surface area contributed by atoms with Gasteiger partial charge in [-0.05, 0) is 19.8 Å². The lowest BCUT2D eigenvalue weighted by Gasteiger charge is -2.01. The normalized spacial score (nSPS) is 20.9. The number of rotatable bonds is 3. The molecule has 0 aliphatic heterocycles. The molecule has 50 valence electrons. The molecule has 0 radical (unpaired) electrons. The molecule has 1 N–H and O–H groups in total. The van der Waals surface area contributed by atoms with Crippen LogP contribution < -0.4 is 5.32 Å². The molecule has 9 heavy (non-hydrogen) atoms. The van der Waals surface area contributed by atoms with Crippen molar-refractivity contribution in [2.75, 3.05) is 6.54 Å². The lowest BCUT2D eigenvalue weighted by atomic mass is 10.2. The van der Waals surface area contributed by atoms with Gasteiger partial charge in [0.1, 0.15) is 0 Å². The van der Waals surface area contributed by atoms with Gasteiger partial charge in [0, 0.05) is 12.6 Å². The largest absolute Gasteiger partial charge is 0.313 e. The Kier molecular flexibility index (Phi) is 2.07. The lowest BCUT2D eigenvalue weighted by Crippen LogP contribution is -2.22. The Bertz CT molecular complexity index is 121. The summed E-state index contributed by atoms with van der Waals surface area (Å²) in [5.74, 6) is 0.172. The summed E-state index contributed by atoms with van der Waals surface area (Å²) < 4.78 is 0. The van der Waals surface area contributed by atoms with Crippen molar-refractivity contribution in [2.45, 2.75) is 25.8 Å². The zero-order chi connectivity index (χ0) is 6.69. The van der Waals surface area contributed by atoms with E-state index >= 15 is 0 Å². The van der Waals surface area contributed by atoms with Crippen molar-refractivity contribution in [2.24, 2.45) is 5.92 Å². The Morgan fingerprint density at radius 3 is 2.89 bits per heavy atom. The Morgan fingerprint density at radius 2 is 2.44 bits per heavy atom. The van der Waals surface area contributed by atoms with Crippen LogP contribution in [0.15, 0.2) is 0 Å². The minimum atomic E-state index is 0.172. The molecule has 1 aliphatic rings. The minimum Gasteiger partial charge on any atom is -0.313 e. The van der Waals surface area contributed by atoms with Crippen LogP contribution in [0.5, 0.6) is 0 Å². The molecule has 0 aromatic rings.